The minimum Gasteiger partial charge on any atom is -0.352 e. The monoisotopic (exact) mass is 434 g/mol. The second-order valence-corrected chi connectivity index (χ2v) is 9.11. The van der Waals surface area contributed by atoms with Gasteiger partial charge in [0, 0.05) is 25.2 Å². The number of halogens is 1. The molecule has 5 nitrogen and oxygen atoms in total. The predicted octanol–water partition coefficient (Wildman–Crippen LogP) is 4.18. The Hall–Kier alpha value is -1.47. The number of hydrogen-bond acceptors (Lipinski definition) is 5. The number of thiophene rings is 1. The summed E-state index contributed by atoms with van der Waals surface area (Å²) in [5.41, 5.74) is 3.56. The Morgan fingerprint density at radius 2 is 2.14 bits per heavy atom. The molecule has 0 spiro atoms. The molecule has 1 amide bonds. The Morgan fingerprint density at radius 1 is 1.38 bits per heavy atom. The lowest BCUT2D eigenvalue weighted by Gasteiger charge is -2.36. The van der Waals surface area contributed by atoms with Gasteiger partial charge in [-0.3, -0.25) is 4.79 Å². The third kappa shape index (κ3) is 6.25. The number of nitrogens with one attached hydrogen (secondary N) is 2. The summed E-state index contributed by atoms with van der Waals surface area (Å²) in [6.07, 6.45) is 3.29. The van der Waals surface area contributed by atoms with Gasteiger partial charge in [-0.15, -0.1) is 0 Å². The van der Waals surface area contributed by atoms with Crippen molar-refractivity contribution in [1.29, 1.82) is 0 Å². The molecule has 0 unspecified atom stereocenters. The summed E-state index contributed by atoms with van der Waals surface area (Å²) in [7, 11) is 0. The molecular weight excluding hydrogens is 404 g/mol. The summed E-state index contributed by atoms with van der Waals surface area (Å²) >= 11 is 7.72. The van der Waals surface area contributed by atoms with E-state index in [-0.39, 0.29) is 5.91 Å². The van der Waals surface area contributed by atoms with Gasteiger partial charge in [-0.25, -0.2) is 4.98 Å². The van der Waals surface area contributed by atoms with Crippen LogP contribution in [0.2, 0.25) is 5.15 Å². The normalized spacial score (nSPS) is 16.7. The number of aromatic nitrogens is 1. The number of hydrogen-bond donors (Lipinski definition) is 2. The summed E-state index contributed by atoms with van der Waals surface area (Å²) in [6.45, 7) is 9.82. The second kappa shape index (κ2) is 10.5. The standard InChI is InChI=1S/C22H31ClN4OS/c1-15-12-20(23)26-17(3)21(15)22(28)24-8-4-16(2)27-9-5-19(6-10-27)25-13-18-7-11-29-14-18/h7,11-12,14,16,19,25H,4-6,8-10,13H2,1-3H3,(H,24,28)/t16-/m1/s1. The van der Waals surface area contributed by atoms with E-state index in [2.05, 4.69) is 44.3 Å². The Kier molecular flexibility index (Phi) is 8.07. The van der Waals surface area contributed by atoms with Gasteiger partial charge < -0.3 is 15.5 Å². The van der Waals surface area contributed by atoms with Crippen molar-refractivity contribution in [3.63, 3.8) is 0 Å². The molecule has 2 N–H and O–H groups in total. The van der Waals surface area contributed by atoms with Crippen molar-refractivity contribution in [2.45, 2.75) is 58.7 Å². The molecule has 0 bridgehead atoms. The largest absolute Gasteiger partial charge is 0.352 e. The van der Waals surface area contributed by atoms with Gasteiger partial charge in [-0.05, 0) is 87.1 Å². The number of amides is 1. The van der Waals surface area contributed by atoms with E-state index >= 15 is 0 Å². The molecule has 1 aliphatic heterocycles. The molecule has 1 saturated heterocycles. The molecule has 158 valence electrons. The maximum Gasteiger partial charge on any atom is 0.253 e. The van der Waals surface area contributed by atoms with Crippen LogP contribution in [0.3, 0.4) is 0 Å². The summed E-state index contributed by atoms with van der Waals surface area (Å²) in [6, 6.07) is 4.98. The molecule has 1 fully saturated rings. The number of pyridine rings is 1. The third-order valence-electron chi connectivity index (χ3n) is 5.77. The van der Waals surface area contributed by atoms with Crippen LogP contribution in [0.5, 0.6) is 0 Å². The van der Waals surface area contributed by atoms with E-state index in [0.717, 1.165) is 31.6 Å². The van der Waals surface area contributed by atoms with E-state index < -0.39 is 0 Å². The molecule has 1 atom stereocenters. The number of likely N-dealkylation sites (tertiary alicyclic amines) is 1. The van der Waals surface area contributed by atoms with Gasteiger partial charge in [-0.1, -0.05) is 11.6 Å². The summed E-state index contributed by atoms with van der Waals surface area (Å²) in [5, 5.41) is 11.5. The van der Waals surface area contributed by atoms with Crippen molar-refractivity contribution in [1.82, 2.24) is 20.5 Å². The lowest BCUT2D eigenvalue weighted by molar-refractivity contribution is 0.0942. The summed E-state index contributed by atoms with van der Waals surface area (Å²) in [5.74, 6) is -0.0623. The number of carbonyl (C=O) groups excluding carboxylic acids is 1. The molecule has 1 aliphatic rings. The van der Waals surface area contributed by atoms with Gasteiger partial charge in [0.1, 0.15) is 5.15 Å². The van der Waals surface area contributed by atoms with Crippen LogP contribution in [0, 0.1) is 13.8 Å². The van der Waals surface area contributed by atoms with Crippen molar-refractivity contribution in [3.8, 4) is 0 Å². The molecule has 7 heteroatoms. The first-order valence-electron chi connectivity index (χ1n) is 10.3. The molecule has 0 radical (unpaired) electrons. The predicted molar refractivity (Wildman–Crippen MR) is 121 cm³/mol. The van der Waals surface area contributed by atoms with Gasteiger partial charge in [0.2, 0.25) is 0 Å². The van der Waals surface area contributed by atoms with E-state index in [0.29, 0.717) is 35.0 Å². The highest BCUT2D eigenvalue weighted by Gasteiger charge is 2.22. The quantitative estimate of drug-likeness (QED) is 0.612. The number of rotatable bonds is 8. The van der Waals surface area contributed by atoms with E-state index in [4.69, 9.17) is 11.6 Å². The van der Waals surface area contributed by atoms with Crippen LogP contribution in [-0.4, -0.2) is 47.5 Å². The van der Waals surface area contributed by atoms with Crippen LogP contribution in [0.25, 0.3) is 0 Å². The average Bonchev–Trinajstić information content (AvgIpc) is 3.19. The van der Waals surface area contributed by atoms with E-state index in [1.54, 1.807) is 17.4 Å². The average molecular weight is 435 g/mol. The maximum atomic E-state index is 12.6. The molecule has 0 aromatic carbocycles. The highest BCUT2D eigenvalue weighted by molar-refractivity contribution is 7.07. The van der Waals surface area contributed by atoms with Gasteiger partial charge in [-0.2, -0.15) is 11.3 Å². The van der Waals surface area contributed by atoms with Gasteiger partial charge in [0.15, 0.2) is 0 Å². The fourth-order valence-electron chi connectivity index (χ4n) is 3.99. The number of carbonyl (C=O) groups is 1. The number of aryl methyl sites for hydroxylation is 2. The Balaban J connectivity index is 1.38. The van der Waals surface area contributed by atoms with Crippen molar-refractivity contribution in [2.75, 3.05) is 19.6 Å². The Morgan fingerprint density at radius 3 is 2.79 bits per heavy atom. The van der Waals surface area contributed by atoms with Crippen molar-refractivity contribution >= 4 is 28.8 Å². The second-order valence-electron chi connectivity index (χ2n) is 7.94. The smallest absolute Gasteiger partial charge is 0.253 e. The van der Waals surface area contributed by atoms with Crippen molar-refractivity contribution < 1.29 is 4.79 Å². The van der Waals surface area contributed by atoms with Gasteiger partial charge in [0.05, 0.1) is 11.3 Å². The SMILES string of the molecule is Cc1cc(Cl)nc(C)c1C(=O)NCC[C@@H](C)N1CCC(NCc2ccsc2)CC1. The molecule has 3 rings (SSSR count). The van der Waals surface area contributed by atoms with Crippen LogP contribution in [0.15, 0.2) is 22.9 Å². The minimum atomic E-state index is -0.0623. The molecular formula is C22H31ClN4OS. The maximum absolute atomic E-state index is 12.6. The third-order valence-corrected chi connectivity index (χ3v) is 6.69. The molecule has 0 saturated carbocycles. The number of nitrogens with zero attached hydrogens (tertiary/aromatic N) is 2. The molecule has 2 aromatic heterocycles. The van der Waals surface area contributed by atoms with Crippen molar-refractivity contribution in [3.05, 3.63) is 50.4 Å². The van der Waals surface area contributed by atoms with Crippen LogP contribution < -0.4 is 10.6 Å². The lowest BCUT2D eigenvalue weighted by Crippen LogP contribution is -2.46. The van der Waals surface area contributed by atoms with Crippen LogP contribution in [-0.2, 0) is 6.54 Å². The molecule has 0 aliphatic carbocycles. The molecule has 3 heterocycles. The first kappa shape index (κ1) is 22.2. The van der Waals surface area contributed by atoms with Crippen LogP contribution in [0.1, 0.15) is 53.4 Å². The highest BCUT2D eigenvalue weighted by Crippen LogP contribution is 2.18. The number of piperidine rings is 1. The zero-order valence-corrected chi connectivity index (χ0v) is 19.1. The van der Waals surface area contributed by atoms with E-state index in [1.165, 1.54) is 18.4 Å². The summed E-state index contributed by atoms with van der Waals surface area (Å²) < 4.78 is 0. The first-order chi connectivity index (χ1) is 13.9. The van der Waals surface area contributed by atoms with Gasteiger partial charge in [0.25, 0.3) is 5.91 Å². The first-order valence-corrected chi connectivity index (χ1v) is 11.7. The molecule has 2 aromatic rings. The van der Waals surface area contributed by atoms with E-state index in [1.807, 2.05) is 13.8 Å². The highest BCUT2D eigenvalue weighted by atomic mass is 35.5. The summed E-state index contributed by atoms with van der Waals surface area (Å²) in [4.78, 5) is 19.3. The lowest BCUT2D eigenvalue weighted by atomic mass is 10.0. The van der Waals surface area contributed by atoms with Gasteiger partial charge >= 0.3 is 0 Å². The Bertz CT molecular complexity index is 780. The van der Waals surface area contributed by atoms with Crippen LogP contribution >= 0.6 is 22.9 Å². The molecule has 29 heavy (non-hydrogen) atoms. The fourth-order valence-corrected chi connectivity index (χ4v) is 4.95. The zero-order chi connectivity index (χ0) is 20.8. The Labute approximate surface area is 182 Å². The van der Waals surface area contributed by atoms with Crippen molar-refractivity contribution in [2.24, 2.45) is 0 Å². The topological polar surface area (TPSA) is 57.3 Å². The zero-order valence-electron chi connectivity index (χ0n) is 17.5. The van der Waals surface area contributed by atoms with Crippen LogP contribution in [0.4, 0.5) is 0 Å². The fraction of sp³-hybridized carbons (Fsp3) is 0.545. The minimum absolute atomic E-state index is 0.0623. The van der Waals surface area contributed by atoms with E-state index in [9.17, 15) is 4.79 Å².